The summed E-state index contributed by atoms with van der Waals surface area (Å²) in [5, 5.41) is 11.0. The predicted molar refractivity (Wildman–Crippen MR) is 96.2 cm³/mol. The molecule has 0 radical (unpaired) electrons. The number of nitrogens with zero attached hydrogens (tertiary/aromatic N) is 2. The Bertz CT molecular complexity index is 619. The summed E-state index contributed by atoms with van der Waals surface area (Å²) in [7, 11) is 0. The molecule has 144 valence electrons. The standard InChI is InChI=1S/C20H30N2O4/c1-3-12(2)20(25)26-13-7-8-21-10-14-16-5-4-6-18(23)22(16)11-15(19(14)24)17(21)9-13/h3,13-17,19,24H,4-11H2,1-2H3/b12-3-/t13-,14-,15-,16+,17-,19+/m0/s1. The second kappa shape index (κ2) is 6.97. The highest BCUT2D eigenvalue weighted by molar-refractivity contribution is 5.87. The van der Waals surface area contributed by atoms with Gasteiger partial charge in [-0.05, 0) is 33.1 Å². The SMILES string of the molecule is C/C=C(/C)C(=O)O[C@H]1CCN2C[C@@H]3[C@@H](O)[C@@H](CN4C(=O)CCC[C@H]34)[C@@H]2C1. The summed E-state index contributed by atoms with van der Waals surface area (Å²) < 4.78 is 5.70. The molecular formula is C20H30N2O4. The molecule has 26 heavy (non-hydrogen) atoms. The third kappa shape index (κ3) is 2.97. The Morgan fingerprint density at radius 2 is 2.00 bits per heavy atom. The van der Waals surface area contributed by atoms with Crippen LogP contribution in [0.5, 0.6) is 0 Å². The van der Waals surface area contributed by atoms with Crippen molar-refractivity contribution in [3.8, 4) is 0 Å². The van der Waals surface area contributed by atoms with Gasteiger partial charge in [-0.1, -0.05) is 6.08 Å². The molecule has 4 fully saturated rings. The molecule has 1 amide bonds. The van der Waals surface area contributed by atoms with Gasteiger partial charge in [-0.15, -0.1) is 0 Å². The Labute approximate surface area is 155 Å². The molecule has 1 N–H and O–H groups in total. The molecule has 4 aliphatic heterocycles. The zero-order valence-electron chi connectivity index (χ0n) is 15.8. The highest BCUT2D eigenvalue weighted by Crippen LogP contribution is 2.43. The fourth-order valence-corrected chi connectivity index (χ4v) is 5.51. The van der Waals surface area contributed by atoms with E-state index in [1.807, 2.05) is 11.8 Å². The Morgan fingerprint density at radius 3 is 2.77 bits per heavy atom. The number of amides is 1. The number of aliphatic hydroxyl groups is 1. The van der Waals surface area contributed by atoms with E-state index < -0.39 is 0 Å². The van der Waals surface area contributed by atoms with Gasteiger partial charge in [0.2, 0.25) is 5.91 Å². The number of carbonyl (C=O) groups excluding carboxylic acids is 2. The van der Waals surface area contributed by atoms with Crippen molar-refractivity contribution < 1.29 is 19.4 Å². The van der Waals surface area contributed by atoms with Crippen molar-refractivity contribution in [1.82, 2.24) is 9.80 Å². The van der Waals surface area contributed by atoms with E-state index in [1.165, 1.54) is 0 Å². The summed E-state index contributed by atoms with van der Waals surface area (Å²) in [6.07, 6.45) is 5.53. The summed E-state index contributed by atoms with van der Waals surface area (Å²) in [4.78, 5) is 29.0. The van der Waals surface area contributed by atoms with Crippen LogP contribution in [0.3, 0.4) is 0 Å². The first kappa shape index (κ1) is 18.0. The van der Waals surface area contributed by atoms with Gasteiger partial charge in [-0.3, -0.25) is 9.69 Å². The van der Waals surface area contributed by atoms with Gasteiger partial charge in [0.05, 0.1) is 6.10 Å². The van der Waals surface area contributed by atoms with Crippen LogP contribution in [-0.4, -0.2) is 70.7 Å². The van der Waals surface area contributed by atoms with Crippen LogP contribution in [0.4, 0.5) is 0 Å². The second-order valence-corrected chi connectivity index (χ2v) is 8.41. The van der Waals surface area contributed by atoms with E-state index in [1.54, 1.807) is 13.0 Å². The maximum absolute atomic E-state index is 12.4. The molecule has 4 heterocycles. The third-order valence-electron chi connectivity index (χ3n) is 7.07. The predicted octanol–water partition coefficient (Wildman–Crippen LogP) is 1.33. The van der Waals surface area contributed by atoms with E-state index in [-0.39, 0.29) is 48.0 Å². The number of hydrogen-bond acceptors (Lipinski definition) is 5. The molecule has 0 aliphatic carbocycles. The largest absolute Gasteiger partial charge is 0.459 e. The first-order valence-electron chi connectivity index (χ1n) is 10.0. The Morgan fingerprint density at radius 1 is 1.23 bits per heavy atom. The van der Waals surface area contributed by atoms with E-state index in [0.717, 1.165) is 38.8 Å². The molecule has 2 bridgehead atoms. The van der Waals surface area contributed by atoms with Crippen LogP contribution in [0.2, 0.25) is 0 Å². The molecule has 6 atom stereocenters. The van der Waals surface area contributed by atoms with Crippen molar-refractivity contribution in [1.29, 1.82) is 0 Å². The van der Waals surface area contributed by atoms with Crippen molar-refractivity contribution in [3.05, 3.63) is 11.6 Å². The summed E-state index contributed by atoms with van der Waals surface area (Å²) in [6, 6.07) is 0.394. The number of fused-ring (bicyclic) bond motifs is 6. The van der Waals surface area contributed by atoms with E-state index in [9.17, 15) is 14.7 Å². The number of allylic oxidation sites excluding steroid dienone is 1. The summed E-state index contributed by atoms with van der Waals surface area (Å²) in [5.41, 5.74) is 0.635. The first-order valence-corrected chi connectivity index (χ1v) is 10.0. The maximum Gasteiger partial charge on any atom is 0.333 e. The smallest absolute Gasteiger partial charge is 0.333 e. The first-order chi connectivity index (χ1) is 12.5. The Hall–Kier alpha value is -1.40. The number of carbonyl (C=O) groups is 2. The molecule has 0 spiro atoms. The average Bonchev–Trinajstić information content (AvgIpc) is 2.63. The molecular weight excluding hydrogens is 332 g/mol. The molecule has 4 saturated heterocycles. The zero-order valence-corrected chi connectivity index (χ0v) is 15.8. The van der Waals surface area contributed by atoms with Crippen molar-refractivity contribution in [3.63, 3.8) is 0 Å². The third-order valence-corrected chi connectivity index (χ3v) is 7.07. The summed E-state index contributed by atoms with van der Waals surface area (Å²) in [5.74, 6) is 0.240. The van der Waals surface area contributed by atoms with Gasteiger partial charge in [0.1, 0.15) is 6.10 Å². The minimum absolute atomic E-state index is 0.0661. The van der Waals surface area contributed by atoms with E-state index in [0.29, 0.717) is 18.5 Å². The van der Waals surface area contributed by atoms with Crippen molar-refractivity contribution >= 4 is 11.9 Å². The van der Waals surface area contributed by atoms with Gasteiger partial charge in [0, 0.05) is 62.0 Å². The minimum atomic E-state index is -0.352. The van der Waals surface area contributed by atoms with Gasteiger partial charge in [-0.25, -0.2) is 4.79 Å². The normalized spacial score (nSPS) is 40.7. The van der Waals surface area contributed by atoms with Crippen molar-refractivity contribution in [2.24, 2.45) is 11.8 Å². The lowest BCUT2D eigenvalue weighted by Crippen LogP contribution is -2.70. The number of ether oxygens (including phenoxy) is 1. The van der Waals surface area contributed by atoms with Gasteiger partial charge in [-0.2, -0.15) is 0 Å². The summed E-state index contributed by atoms with van der Waals surface area (Å²) in [6.45, 7) is 6.01. The van der Waals surface area contributed by atoms with Gasteiger partial charge in [0.25, 0.3) is 0 Å². The molecule has 0 aromatic heterocycles. The van der Waals surface area contributed by atoms with Crippen molar-refractivity contribution in [2.45, 2.75) is 70.2 Å². The fourth-order valence-electron chi connectivity index (χ4n) is 5.51. The molecule has 0 saturated carbocycles. The lowest BCUT2D eigenvalue weighted by Gasteiger charge is -2.59. The molecule has 4 aliphatic rings. The minimum Gasteiger partial charge on any atom is -0.459 e. The molecule has 0 aromatic carbocycles. The van der Waals surface area contributed by atoms with Crippen LogP contribution < -0.4 is 0 Å². The monoisotopic (exact) mass is 362 g/mol. The van der Waals surface area contributed by atoms with E-state index in [2.05, 4.69) is 4.90 Å². The number of hydrogen-bond donors (Lipinski definition) is 1. The van der Waals surface area contributed by atoms with E-state index in [4.69, 9.17) is 4.74 Å². The molecule has 0 unspecified atom stereocenters. The van der Waals surface area contributed by atoms with Crippen LogP contribution in [0.15, 0.2) is 11.6 Å². The van der Waals surface area contributed by atoms with Crippen LogP contribution in [-0.2, 0) is 14.3 Å². The lowest BCUT2D eigenvalue weighted by atomic mass is 9.68. The highest BCUT2D eigenvalue weighted by Gasteiger charge is 2.54. The molecule has 0 aromatic rings. The number of esters is 1. The van der Waals surface area contributed by atoms with Gasteiger partial charge in [0.15, 0.2) is 0 Å². The van der Waals surface area contributed by atoms with Crippen LogP contribution in [0, 0.1) is 11.8 Å². The van der Waals surface area contributed by atoms with Gasteiger partial charge < -0.3 is 14.7 Å². The highest BCUT2D eigenvalue weighted by atomic mass is 16.5. The molecule has 6 heteroatoms. The number of rotatable bonds is 2. The quantitative estimate of drug-likeness (QED) is 0.593. The van der Waals surface area contributed by atoms with Crippen molar-refractivity contribution in [2.75, 3.05) is 19.6 Å². The van der Waals surface area contributed by atoms with Crippen LogP contribution >= 0.6 is 0 Å². The Kier molecular flexibility index (Phi) is 4.82. The maximum atomic E-state index is 12.4. The van der Waals surface area contributed by atoms with Crippen LogP contribution in [0.25, 0.3) is 0 Å². The fraction of sp³-hybridized carbons (Fsp3) is 0.800. The second-order valence-electron chi connectivity index (χ2n) is 8.41. The van der Waals surface area contributed by atoms with E-state index >= 15 is 0 Å². The number of aliphatic hydroxyl groups excluding tert-OH is 1. The molecule has 4 rings (SSSR count). The lowest BCUT2D eigenvalue weighted by molar-refractivity contribution is -0.176. The van der Waals surface area contributed by atoms with Crippen LogP contribution in [0.1, 0.15) is 46.0 Å². The Balaban J connectivity index is 1.49. The zero-order chi connectivity index (χ0) is 18.4. The number of piperidine rings is 4. The average molecular weight is 362 g/mol. The molecule has 6 nitrogen and oxygen atoms in total. The summed E-state index contributed by atoms with van der Waals surface area (Å²) >= 11 is 0. The topological polar surface area (TPSA) is 70.1 Å². The van der Waals surface area contributed by atoms with Gasteiger partial charge >= 0.3 is 5.97 Å².